The first-order valence-electron chi connectivity index (χ1n) is 5.70. The van der Waals surface area contributed by atoms with E-state index in [0.717, 1.165) is 12.8 Å². The van der Waals surface area contributed by atoms with Crippen molar-refractivity contribution in [2.75, 3.05) is 18.4 Å². The summed E-state index contributed by atoms with van der Waals surface area (Å²) in [5.41, 5.74) is 0.135. The second-order valence-electron chi connectivity index (χ2n) is 4.16. The van der Waals surface area contributed by atoms with Gasteiger partial charge in [0.15, 0.2) is 0 Å². The lowest BCUT2D eigenvalue weighted by atomic mass is 10.2. The number of carbonyl (C=O) groups excluding carboxylic acids is 1. The Morgan fingerprint density at radius 2 is 1.89 bits per heavy atom. The summed E-state index contributed by atoms with van der Waals surface area (Å²) in [4.78, 5) is 24.2. The van der Waals surface area contributed by atoms with Crippen LogP contribution < -0.4 is 5.32 Å². The fourth-order valence-electron chi connectivity index (χ4n) is 1.88. The molecule has 0 aromatic heterocycles. The Morgan fingerprint density at radius 1 is 1.22 bits per heavy atom. The fraction of sp³-hybridized carbons (Fsp3) is 0.333. The van der Waals surface area contributed by atoms with E-state index in [1.807, 2.05) is 0 Å². The van der Waals surface area contributed by atoms with Gasteiger partial charge in [0, 0.05) is 13.1 Å². The number of aromatic hydroxyl groups is 1. The van der Waals surface area contributed by atoms with Gasteiger partial charge in [0.25, 0.3) is 0 Å². The third kappa shape index (κ3) is 2.53. The molecule has 1 aliphatic rings. The summed E-state index contributed by atoms with van der Waals surface area (Å²) in [7, 11) is 0. The van der Waals surface area contributed by atoms with Gasteiger partial charge in [-0.2, -0.15) is 0 Å². The molecule has 18 heavy (non-hydrogen) atoms. The number of phenolic OH excluding ortho intramolecular Hbond substituents is 1. The van der Waals surface area contributed by atoms with Crippen LogP contribution in [0.2, 0.25) is 0 Å². The number of urea groups is 1. The molecular weight excluding hydrogens is 236 g/mol. The minimum atomic E-state index is -1.10. The van der Waals surface area contributed by atoms with E-state index in [-0.39, 0.29) is 23.0 Å². The van der Waals surface area contributed by atoms with E-state index in [1.54, 1.807) is 4.90 Å². The number of likely N-dealkylation sites (tertiary alicyclic amines) is 1. The zero-order valence-corrected chi connectivity index (χ0v) is 9.72. The van der Waals surface area contributed by atoms with Crippen molar-refractivity contribution in [1.82, 2.24) is 4.90 Å². The Kier molecular flexibility index (Phi) is 3.36. The number of benzene rings is 1. The summed E-state index contributed by atoms with van der Waals surface area (Å²) in [5.74, 6) is -1.25. The quantitative estimate of drug-likeness (QED) is 0.697. The zero-order chi connectivity index (χ0) is 13.1. The summed E-state index contributed by atoms with van der Waals surface area (Å²) in [6.45, 7) is 1.37. The predicted molar refractivity (Wildman–Crippen MR) is 64.9 cm³/mol. The average Bonchev–Trinajstić information content (AvgIpc) is 2.85. The maximum Gasteiger partial charge on any atom is 0.335 e. The van der Waals surface area contributed by atoms with Crippen LogP contribution in [0.15, 0.2) is 18.2 Å². The lowest BCUT2D eigenvalue weighted by molar-refractivity contribution is 0.0697. The van der Waals surface area contributed by atoms with Crippen LogP contribution in [0.1, 0.15) is 23.2 Å². The number of hydrogen-bond donors (Lipinski definition) is 3. The largest absolute Gasteiger partial charge is 0.506 e. The first kappa shape index (κ1) is 12.2. The van der Waals surface area contributed by atoms with E-state index < -0.39 is 5.97 Å². The molecule has 2 amide bonds. The SMILES string of the molecule is O=C(O)c1ccc(O)c(NC(=O)N2CCCC2)c1. The van der Waals surface area contributed by atoms with Gasteiger partial charge in [0.2, 0.25) is 0 Å². The van der Waals surface area contributed by atoms with Crippen LogP contribution in [0, 0.1) is 0 Å². The van der Waals surface area contributed by atoms with Gasteiger partial charge in [-0.1, -0.05) is 0 Å². The third-order valence-corrected chi connectivity index (χ3v) is 2.88. The van der Waals surface area contributed by atoms with Crippen molar-refractivity contribution < 1.29 is 19.8 Å². The van der Waals surface area contributed by atoms with Crippen LogP contribution in [0.4, 0.5) is 10.5 Å². The smallest absolute Gasteiger partial charge is 0.335 e. The molecule has 1 saturated heterocycles. The minimum absolute atomic E-state index is 0.0181. The molecular formula is C12H14N2O4. The van der Waals surface area contributed by atoms with Crippen LogP contribution in [0.25, 0.3) is 0 Å². The van der Waals surface area contributed by atoms with Crippen molar-refractivity contribution in [1.29, 1.82) is 0 Å². The maximum absolute atomic E-state index is 11.8. The first-order chi connectivity index (χ1) is 8.58. The Hall–Kier alpha value is -2.24. The molecule has 0 bridgehead atoms. The molecule has 2 rings (SSSR count). The highest BCUT2D eigenvalue weighted by Crippen LogP contribution is 2.25. The Bertz CT molecular complexity index is 481. The number of phenols is 1. The van der Waals surface area contributed by atoms with Gasteiger partial charge in [-0.3, -0.25) is 0 Å². The van der Waals surface area contributed by atoms with Gasteiger partial charge >= 0.3 is 12.0 Å². The van der Waals surface area contributed by atoms with E-state index >= 15 is 0 Å². The molecule has 6 nitrogen and oxygen atoms in total. The summed E-state index contributed by atoms with van der Waals surface area (Å²) >= 11 is 0. The zero-order valence-electron chi connectivity index (χ0n) is 9.72. The summed E-state index contributed by atoms with van der Waals surface area (Å²) < 4.78 is 0. The summed E-state index contributed by atoms with van der Waals surface area (Å²) in [5, 5.41) is 20.9. The topological polar surface area (TPSA) is 89.9 Å². The minimum Gasteiger partial charge on any atom is -0.506 e. The number of carboxylic acids is 1. The van der Waals surface area contributed by atoms with E-state index in [1.165, 1.54) is 18.2 Å². The highest BCUT2D eigenvalue weighted by atomic mass is 16.4. The number of hydrogen-bond acceptors (Lipinski definition) is 3. The van der Waals surface area contributed by atoms with Crippen LogP contribution in [-0.2, 0) is 0 Å². The average molecular weight is 250 g/mol. The van der Waals surface area contributed by atoms with Gasteiger partial charge in [0.05, 0.1) is 11.3 Å². The second kappa shape index (κ2) is 4.95. The monoisotopic (exact) mass is 250 g/mol. The number of carbonyl (C=O) groups is 2. The van der Waals surface area contributed by atoms with Crippen molar-refractivity contribution >= 4 is 17.7 Å². The molecule has 96 valence electrons. The molecule has 0 unspecified atom stereocenters. The Morgan fingerprint density at radius 3 is 2.50 bits per heavy atom. The van der Waals surface area contributed by atoms with E-state index in [0.29, 0.717) is 13.1 Å². The maximum atomic E-state index is 11.8. The van der Waals surface area contributed by atoms with Crippen LogP contribution in [0.3, 0.4) is 0 Å². The lowest BCUT2D eigenvalue weighted by Crippen LogP contribution is -2.32. The Balaban J connectivity index is 2.14. The molecule has 1 fully saturated rings. The highest BCUT2D eigenvalue weighted by Gasteiger charge is 2.19. The molecule has 0 radical (unpaired) electrons. The second-order valence-corrected chi connectivity index (χ2v) is 4.16. The van der Waals surface area contributed by atoms with Gasteiger partial charge in [0.1, 0.15) is 5.75 Å². The van der Waals surface area contributed by atoms with E-state index in [9.17, 15) is 14.7 Å². The van der Waals surface area contributed by atoms with Crippen LogP contribution in [-0.4, -0.2) is 40.2 Å². The number of amides is 2. The summed E-state index contributed by atoms with van der Waals surface area (Å²) in [6.07, 6.45) is 1.93. The van der Waals surface area contributed by atoms with E-state index in [2.05, 4.69) is 5.32 Å². The standard InChI is InChI=1S/C12H14N2O4/c15-10-4-3-8(11(16)17)7-9(10)13-12(18)14-5-1-2-6-14/h3-4,7,15H,1-2,5-6H2,(H,13,18)(H,16,17). The summed E-state index contributed by atoms with van der Waals surface area (Å²) in [6, 6.07) is 3.46. The molecule has 1 heterocycles. The van der Waals surface area contributed by atoms with Gasteiger partial charge in [-0.05, 0) is 31.0 Å². The first-order valence-corrected chi connectivity index (χ1v) is 5.70. The molecule has 0 atom stereocenters. The molecule has 1 aromatic carbocycles. The highest BCUT2D eigenvalue weighted by molar-refractivity contribution is 5.94. The van der Waals surface area contributed by atoms with E-state index in [4.69, 9.17) is 5.11 Å². The number of aromatic carboxylic acids is 1. The number of anilines is 1. The molecule has 0 spiro atoms. The number of rotatable bonds is 2. The lowest BCUT2D eigenvalue weighted by Gasteiger charge is -2.16. The van der Waals surface area contributed by atoms with Crippen LogP contribution in [0.5, 0.6) is 5.75 Å². The van der Waals surface area contributed by atoms with Gasteiger partial charge in [-0.25, -0.2) is 9.59 Å². The van der Waals surface area contributed by atoms with Crippen molar-refractivity contribution in [2.45, 2.75) is 12.8 Å². The van der Waals surface area contributed by atoms with Crippen molar-refractivity contribution in [3.05, 3.63) is 23.8 Å². The number of carboxylic acid groups (broad SMARTS) is 1. The number of nitrogens with zero attached hydrogens (tertiary/aromatic N) is 1. The predicted octanol–water partition coefficient (Wildman–Crippen LogP) is 1.72. The fourth-order valence-corrected chi connectivity index (χ4v) is 1.88. The van der Waals surface area contributed by atoms with Gasteiger partial charge < -0.3 is 20.4 Å². The number of nitrogens with one attached hydrogen (secondary N) is 1. The molecule has 0 aliphatic carbocycles. The molecule has 3 N–H and O–H groups in total. The molecule has 1 aromatic rings. The third-order valence-electron chi connectivity index (χ3n) is 2.88. The van der Waals surface area contributed by atoms with Crippen LogP contribution >= 0.6 is 0 Å². The van der Waals surface area contributed by atoms with Crippen molar-refractivity contribution in [2.24, 2.45) is 0 Å². The van der Waals surface area contributed by atoms with Gasteiger partial charge in [-0.15, -0.1) is 0 Å². The normalized spacial score (nSPS) is 14.6. The molecule has 1 aliphatic heterocycles. The Labute approximate surface area is 104 Å². The van der Waals surface area contributed by atoms with Crippen molar-refractivity contribution in [3.63, 3.8) is 0 Å². The molecule has 6 heteroatoms. The van der Waals surface area contributed by atoms with Crippen molar-refractivity contribution in [3.8, 4) is 5.75 Å². The molecule has 0 saturated carbocycles.